The summed E-state index contributed by atoms with van der Waals surface area (Å²) in [5.74, 6) is 0.754. The molecule has 0 unspecified atom stereocenters. The van der Waals surface area contributed by atoms with Crippen LogP contribution in [-0.4, -0.2) is 58.6 Å². The molecule has 1 aromatic carbocycles. The number of nitrogens with one attached hydrogen (secondary N) is 1. The molecule has 1 aliphatic rings. The highest BCUT2D eigenvalue weighted by molar-refractivity contribution is 5.96. The van der Waals surface area contributed by atoms with E-state index in [2.05, 4.69) is 20.2 Å². The van der Waals surface area contributed by atoms with Crippen molar-refractivity contribution >= 4 is 23.5 Å². The number of ether oxygens (including phenoxy) is 1. The third kappa shape index (κ3) is 5.18. The molecule has 0 spiro atoms. The van der Waals surface area contributed by atoms with Gasteiger partial charge in [-0.25, -0.2) is 9.78 Å². The number of aromatic nitrogens is 2. The molecule has 1 saturated heterocycles. The fourth-order valence-electron chi connectivity index (χ4n) is 2.93. The van der Waals surface area contributed by atoms with Gasteiger partial charge in [0, 0.05) is 49.8 Å². The Morgan fingerprint density at radius 2 is 1.86 bits per heavy atom. The molecule has 28 heavy (non-hydrogen) atoms. The van der Waals surface area contributed by atoms with Crippen LogP contribution < -0.4 is 10.2 Å². The van der Waals surface area contributed by atoms with E-state index in [1.165, 1.54) is 0 Å². The zero-order chi connectivity index (χ0) is 20.1. The van der Waals surface area contributed by atoms with E-state index in [-0.39, 0.29) is 5.91 Å². The molecular weight excluding hydrogens is 358 g/mol. The van der Waals surface area contributed by atoms with Crippen molar-refractivity contribution in [3.05, 3.63) is 48.4 Å². The lowest BCUT2D eigenvalue weighted by Gasteiger charge is -2.35. The van der Waals surface area contributed by atoms with Crippen LogP contribution in [0, 0.1) is 0 Å². The van der Waals surface area contributed by atoms with Gasteiger partial charge in [-0.05, 0) is 39.0 Å². The Morgan fingerprint density at radius 1 is 1.11 bits per heavy atom. The molecule has 2 aromatic rings. The average molecular weight is 383 g/mol. The molecule has 3 rings (SSSR count). The SMILES string of the molecule is CC(C)(C)OC(=O)Nc1cccc(C(=O)N2CCN(c3cnccn3)CC2)c1. The molecule has 2 heterocycles. The first-order valence-corrected chi connectivity index (χ1v) is 9.22. The summed E-state index contributed by atoms with van der Waals surface area (Å²) in [4.78, 5) is 37.1. The quantitative estimate of drug-likeness (QED) is 0.877. The summed E-state index contributed by atoms with van der Waals surface area (Å²) in [6.07, 6.45) is 4.48. The van der Waals surface area contributed by atoms with Gasteiger partial charge in [0.05, 0.1) is 6.20 Å². The van der Waals surface area contributed by atoms with Crippen LogP contribution in [0.1, 0.15) is 31.1 Å². The van der Waals surface area contributed by atoms with Gasteiger partial charge >= 0.3 is 6.09 Å². The molecule has 0 radical (unpaired) electrons. The smallest absolute Gasteiger partial charge is 0.412 e. The van der Waals surface area contributed by atoms with Crippen molar-refractivity contribution in [2.45, 2.75) is 26.4 Å². The molecule has 0 bridgehead atoms. The van der Waals surface area contributed by atoms with Crippen molar-refractivity contribution in [1.29, 1.82) is 0 Å². The van der Waals surface area contributed by atoms with E-state index < -0.39 is 11.7 Å². The van der Waals surface area contributed by atoms with Crippen LogP contribution in [0.15, 0.2) is 42.9 Å². The van der Waals surface area contributed by atoms with Crippen molar-refractivity contribution in [3.8, 4) is 0 Å². The van der Waals surface area contributed by atoms with E-state index >= 15 is 0 Å². The normalized spacial score (nSPS) is 14.5. The summed E-state index contributed by atoms with van der Waals surface area (Å²) in [6, 6.07) is 6.89. The molecule has 0 aliphatic carbocycles. The lowest BCUT2D eigenvalue weighted by atomic mass is 10.1. The van der Waals surface area contributed by atoms with Crippen molar-refractivity contribution < 1.29 is 14.3 Å². The van der Waals surface area contributed by atoms with Crippen LogP contribution in [-0.2, 0) is 4.74 Å². The van der Waals surface area contributed by atoms with Crippen molar-refractivity contribution in [1.82, 2.24) is 14.9 Å². The molecule has 148 valence electrons. The van der Waals surface area contributed by atoms with E-state index in [9.17, 15) is 9.59 Å². The summed E-state index contributed by atoms with van der Waals surface area (Å²) in [5, 5.41) is 2.67. The lowest BCUT2D eigenvalue weighted by Crippen LogP contribution is -2.49. The Kier molecular flexibility index (Phi) is 5.77. The maximum absolute atomic E-state index is 12.8. The topological polar surface area (TPSA) is 87.7 Å². The number of amides is 2. The third-order valence-electron chi connectivity index (χ3n) is 4.20. The van der Waals surface area contributed by atoms with Gasteiger partial charge in [0.25, 0.3) is 5.91 Å². The van der Waals surface area contributed by atoms with E-state index in [1.807, 2.05) is 0 Å². The second-order valence-electron chi connectivity index (χ2n) is 7.55. The average Bonchev–Trinajstić information content (AvgIpc) is 2.67. The Bertz CT molecular complexity index is 827. The number of hydrogen-bond acceptors (Lipinski definition) is 6. The number of anilines is 2. The number of hydrogen-bond donors (Lipinski definition) is 1. The van der Waals surface area contributed by atoms with Crippen LogP contribution in [0.5, 0.6) is 0 Å². The second kappa shape index (κ2) is 8.24. The molecule has 0 saturated carbocycles. The fraction of sp³-hybridized carbons (Fsp3) is 0.400. The first-order chi connectivity index (χ1) is 13.3. The van der Waals surface area contributed by atoms with E-state index in [1.54, 1.807) is 68.5 Å². The number of nitrogens with zero attached hydrogens (tertiary/aromatic N) is 4. The number of piperazine rings is 1. The maximum Gasteiger partial charge on any atom is 0.412 e. The number of carbonyl (C=O) groups excluding carboxylic acids is 2. The standard InChI is InChI=1S/C20H25N5O3/c1-20(2,3)28-19(27)23-16-6-4-5-15(13-16)18(26)25-11-9-24(10-12-25)17-14-21-7-8-22-17/h4-8,13-14H,9-12H2,1-3H3,(H,23,27). The largest absolute Gasteiger partial charge is 0.444 e. The molecule has 1 N–H and O–H groups in total. The van der Waals surface area contributed by atoms with Gasteiger partial charge < -0.3 is 14.5 Å². The molecule has 8 nitrogen and oxygen atoms in total. The highest BCUT2D eigenvalue weighted by atomic mass is 16.6. The second-order valence-corrected chi connectivity index (χ2v) is 7.55. The van der Waals surface area contributed by atoms with Crippen LogP contribution in [0.3, 0.4) is 0 Å². The lowest BCUT2D eigenvalue weighted by molar-refractivity contribution is 0.0634. The van der Waals surface area contributed by atoms with Gasteiger partial charge in [-0.15, -0.1) is 0 Å². The molecule has 1 fully saturated rings. The van der Waals surface area contributed by atoms with E-state index in [4.69, 9.17) is 4.74 Å². The summed E-state index contributed by atoms with van der Waals surface area (Å²) in [7, 11) is 0. The predicted octanol–water partition coefficient (Wildman–Crippen LogP) is 2.79. The van der Waals surface area contributed by atoms with Gasteiger partial charge in [-0.3, -0.25) is 15.1 Å². The first kappa shape index (κ1) is 19.6. The van der Waals surface area contributed by atoms with Crippen LogP contribution in [0.2, 0.25) is 0 Å². The Morgan fingerprint density at radius 3 is 2.50 bits per heavy atom. The Balaban J connectivity index is 1.60. The van der Waals surface area contributed by atoms with Crippen LogP contribution in [0.4, 0.5) is 16.3 Å². The minimum absolute atomic E-state index is 0.0633. The van der Waals surface area contributed by atoms with Crippen molar-refractivity contribution in [2.75, 3.05) is 36.4 Å². The minimum atomic E-state index is -0.583. The number of benzene rings is 1. The molecule has 1 aliphatic heterocycles. The first-order valence-electron chi connectivity index (χ1n) is 9.22. The number of rotatable bonds is 3. The Hall–Kier alpha value is -3.16. The van der Waals surface area contributed by atoms with E-state index in [0.29, 0.717) is 37.4 Å². The zero-order valence-corrected chi connectivity index (χ0v) is 16.4. The van der Waals surface area contributed by atoms with Crippen LogP contribution >= 0.6 is 0 Å². The monoisotopic (exact) mass is 383 g/mol. The van der Waals surface area contributed by atoms with Gasteiger partial charge in [0.2, 0.25) is 0 Å². The number of carbonyl (C=O) groups is 2. The zero-order valence-electron chi connectivity index (χ0n) is 16.4. The fourth-order valence-corrected chi connectivity index (χ4v) is 2.93. The molecule has 1 aromatic heterocycles. The van der Waals surface area contributed by atoms with Crippen LogP contribution in [0.25, 0.3) is 0 Å². The Labute approximate surface area is 164 Å². The molecule has 2 amide bonds. The van der Waals surface area contributed by atoms with Gasteiger partial charge in [0.1, 0.15) is 11.4 Å². The minimum Gasteiger partial charge on any atom is -0.444 e. The summed E-state index contributed by atoms with van der Waals surface area (Å²) in [5.41, 5.74) is 0.472. The van der Waals surface area contributed by atoms with E-state index in [0.717, 1.165) is 5.82 Å². The third-order valence-corrected chi connectivity index (χ3v) is 4.20. The van der Waals surface area contributed by atoms with Gasteiger partial charge in [-0.2, -0.15) is 0 Å². The summed E-state index contributed by atoms with van der Waals surface area (Å²) in [6.45, 7) is 7.98. The van der Waals surface area contributed by atoms with Crippen molar-refractivity contribution in [3.63, 3.8) is 0 Å². The molecular formula is C20H25N5O3. The van der Waals surface area contributed by atoms with Gasteiger partial charge in [0.15, 0.2) is 0 Å². The molecule has 8 heteroatoms. The predicted molar refractivity (Wildman–Crippen MR) is 106 cm³/mol. The van der Waals surface area contributed by atoms with Gasteiger partial charge in [-0.1, -0.05) is 6.07 Å². The molecule has 0 atom stereocenters. The summed E-state index contributed by atoms with van der Waals surface area (Å²) < 4.78 is 5.25. The summed E-state index contributed by atoms with van der Waals surface area (Å²) >= 11 is 0. The maximum atomic E-state index is 12.8. The highest BCUT2D eigenvalue weighted by Gasteiger charge is 2.23. The highest BCUT2D eigenvalue weighted by Crippen LogP contribution is 2.17. The van der Waals surface area contributed by atoms with Crippen molar-refractivity contribution in [2.24, 2.45) is 0 Å².